The zero-order chi connectivity index (χ0) is 20.9. The van der Waals surface area contributed by atoms with Crippen LogP contribution >= 0.6 is 0 Å². The van der Waals surface area contributed by atoms with Crippen molar-refractivity contribution in [1.82, 2.24) is 20.1 Å². The Morgan fingerprint density at radius 3 is 3.03 bits per heavy atom. The van der Waals surface area contributed by atoms with Gasteiger partial charge in [0.15, 0.2) is 0 Å². The van der Waals surface area contributed by atoms with E-state index in [0.29, 0.717) is 5.92 Å². The first kappa shape index (κ1) is 20.2. The van der Waals surface area contributed by atoms with Gasteiger partial charge in [0.2, 0.25) is 0 Å². The fourth-order valence-electron chi connectivity index (χ4n) is 4.13. The average Bonchev–Trinajstić information content (AvgIpc) is 3.49. The third kappa shape index (κ3) is 4.56. The summed E-state index contributed by atoms with van der Waals surface area (Å²) in [5.74, 6) is 0.556. The molecule has 3 heterocycles. The Balaban J connectivity index is 1.48. The van der Waals surface area contributed by atoms with Gasteiger partial charge in [0.05, 0.1) is 11.9 Å². The summed E-state index contributed by atoms with van der Waals surface area (Å²) in [6.45, 7) is 8.58. The molecule has 1 saturated heterocycles. The van der Waals surface area contributed by atoms with Crippen molar-refractivity contribution in [2.24, 2.45) is 4.99 Å². The van der Waals surface area contributed by atoms with Gasteiger partial charge in [0.25, 0.3) is 0 Å². The normalized spacial score (nSPS) is 18.2. The minimum atomic E-state index is 0.556. The number of aromatic amines is 2. The Hall–Kier alpha value is -3.08. The monoisotopic (exact) mass is 401 g/mol. The molecule has 0 bridgehead atoms. The summed E-state index contributed by atoms with van der Waals surface area (Å²) in [6.07, 6.45) is 13.6. The van der Waals surface area contributed by atoms with Crippen molar-refractivity contribution in [3.63, 3.8) is 0 Å². The van der Waals surface area contributed by atoms with Crippen LogP contribution in [0.1, 0.15) is 55.8 Å². The van der Waals surface area contributed by atoms with E-state index in [2.05, 4.69) is 77.3 Å². The van der Waals surface area contributed by atoms with E-state index >= 15 is 0 Å². The number of rotatable bonds is 7. The summed E-state index contributed by atoms with van der Waals surface area (Å²) in [5, 5.41) is 8.26. The fourth-order valence-corrected chi connectivity index (χ4v) is 4.13. The number of allylic oxidation sites excluding steroid dienone is 3. The first-order chi connectivity index (χ1) is 14.6. The third-order valence-corrected chi connectivity index (χ3v) is 5.89. The molecule has 30 heavy (non-hydrogen) atoms. The van der Waals surface area contributed by atoms with Crippen LogP contribution in [0.15, 0.2) is 59.5 Å². The summed E-state index contributed by atoms with van der Waals surface area (Å²) >= 11 is 0. The molecule has 1 aliphatic rings. The topological polar surface area (TPSA) is 60.1 Å². The number of fused-ring (bicyclic) bond motifs is 1. The van der Waals surface area contributed by atoms with Gasteiger partial charge in [-0.05, 0) is 55.8 Å². The number of aromatic nitrogens is 3. The number of benzene rings is 1. The minimum Gasteiger partial charge on any atom is -0.374 e. The van der Waals surface area contributed by atoms with Crippen LogP contribution in [-0.4, -0.2) is 39.4 Å². The van der Waals surface area contributed by atoms with E-state index in [-0.39, 0.29) is 0 Å². The number of H-pyrrole nitrogens is 2. The third-order valence-electron chi connectivity index (χ3n) is 5.89. The number of nitrogens with one attached hydrogen (secondary N) is 2. The van der Waals surface area contributed by atoms with Gasteiger partial charge in [0.1, 0.15) is 0 Å². The van der Waals surface area contributed by atoms with Crippen LogP contribution in [0.4, 0.5) is 0 Å². The van der Waals surface area contributed by atoms with E-state index in [4.69, 9.17) is 4.99 Å². The molecule has 0 spiro atoms. The Kier molecular flexibility index (Phi) is 6.17. The molecule has 5 heteroatoms. The lowest BCUT2D eigenvalue weighted by atomic mass is 10.0. The van der Waals surface area contributed by atoms with Crippen LogP contribution in [0, 0.1) is 6.92 Å². The SMILES string of the molecule is CCC/C=C(/N=C\C=C(/C)N1CCC(c2cn[nH]c2)C1)c1ccc2cc(C)[nH]c2c1. The molecule has 1 aromatic carbocycles. The molecule has 5 nitrogen and oxygen atoms in total. The highest BCUT2D eigenvalue weighted by atomic mass is 15.2. The number of aliphatic imine (C=N–C) groups is 1. The molecule has 0 radical (unpaired) electrons. The highest BCUT2D eigenvalue weighted by Crippen LogP contribution is 2.28. The molecule has 2 N–H and O–H groups in total. The molecule has 0 aliphatic carbocycles. The van der Waals surface area contributed by atoms with E-state index in [1.807, 2.05) is 18.6 Å². The van der Waals surface area contributed by atoms with Gasteiger partial charge < -0.3 is 9.88 Å². The number of unbranched alkanes of at least 4 members (excludes halogenated alkanes) is 1. The average molecular weight is 402 g/mol. The van der Waals surface area contributed by atoms with Crippen molar-refractivity contribution in [3.05, 3.63) is 71.3 Å². The van der Waals surface area contributed by atoms with Crippen molar-refractivity contribution in [1.29, 1.82) is 0 Å². The second kappa shape index (κ2) is 9.16. The molecule has 1 fully saturated rings. The van der Waals surface area contributed by atoms with Crippen molar-refractivity contribution >= 4 is 22.8 Å². The van der Waals surface area contributed by atoms with Gasteiger partial charge in [-0.15, -0.1) is 0 Å². The zero-order valence-electron chi connectivity index (χ0n) is 18.2. The van der Waals surface area contributed by atoms with Gasteiger partial charge in [-0.2, -0.15) is 5.10 Å². The van der Waals surface area contributed by atoms with Gasteiger partial charge in [-0.25, -0.2) is 0 Å². The maximum atomic E-state index is 4.83. The first-order valence-corrected chi connectivity index (χ1v) is 10.9. The first-order valence-electron chi connectivity index (χ1n) is 10.9. The molecule has 1 atom stereocenters. The van der Waals surface area contributed by atoms with Crippen LogP contribution in [0.2, 0.25) is 0 Å². The molecule has 3 aromatic rings. The van der Waals surface area contributed by atoms with E-state index in [0.717, 1.165) is 42.7 Å². The van der Waals surface area contributed by atoms with Crippen molar-refractivity contribution in [2.45, 2.75) is 46.0 Å². The van der Waals surface area contributed by atoms with E-state index in [9.17, 15) is 0 Å². The van der Waals surface area contributed by atoms with Crippen molar-refractivity contribution in [3.8, 4) is 0 Å². The number of hydrogen-bond acceptors (Lipinski definition) is 3. The summed E-state index contributed by atoms with van der Waals surface area (Å²) in [7, 11) is 0. The Morgan fingerprint density at radius 2 is 2.23 bits per heavy atom. The molecular weight excluding hydrogens is 370 g/mol. The predicted molar refractivity (Wildman–Crippen MR) is 126 cm³/mol. The summed E-state index contributed by atoms with van der Waals surface area (Å²) in [6, 6.07) is 8.72. The molecular formula is C25H31N5. The summed E-state index contributed by atoms with van der Waals surface area (Å²) in [5.41, 5.74) is 7.10. The predicted octanol–water partition coefficient (Wildman–Crippen LogP) is 5.80. The Bertz CT molecular complexity index is 1070. The Labute approximate surface area is 178 Å². The van der Waals surface area contributed by atoms with Gasteiger partial charge >= 0.3 is 0 Å². The molecule has 0 amide bonds. The van der Waals surface area contributed by atoms with Crippen molar-refractivity contribution in [2.75, 3.05) is 13.1 Å². The van der Waals surface area contributed by atoms with E-state index in [1.165, 1.54) is 28.8 Å². The maximum Gasteiger partial charge on any atom is 0.0662 e. The molecule has 1 aliphatic heterocycles. The lowest BCUT2D eigenvalue weighted by Gasteiger charge is -2.18. The molecule has 4 rings (SSSR count). The quantitative estimate of drug-likeness (QED) is 0.491. The van der Waals surface area contributed by atoms with E-state index < -0.39 is 0 Å². The molecule has 156 valence electrons. The second-order valence-corrected chi connectivity index (χ2v) is 8.18. The van der Waals surface area contributed by atoms with Crippen molar-refractivity contribution < 1.29 is 0 Å². The zero-order valence-corrected chi connectivity index (χ0v) is 18.2. The van der Waals surface area contributed by atoms with Crippen LogP contribution in [0.5, 0.6) is 0 Å². The number of likely N-dealkylation sites (tertiary alicyclic amines) is 1. The smallest absolute Gasteiger partial charge is 0.0662 e. The number of hydrogen-bond donors (Lipinski definition) is 2. The van der Waals surface area contributed by atoms with Crippen LogP contribution in [-0.2, 0) is 0 Å². The van der Waals surface area contributed by atoms with Gasteiger partial charge in [-0.3, -0.25) is 10.1 Å². The Morgan fingerprint density at radius 1 is 1.33 bits per heavy atom. The molecule has 0 saturated carbocycles. The maximum absolute atomic E-state index is 4.83. The lowest BCUT2D eigenvalue weighted by molar-refractivity contribution is 0.422. The second-order valence-electron chi connectivity index (χ2n) is 8.18. The van der Waals surface area contributed by atoms with Crippen LogP contribution < -0.4 is 0 Å². The van der Waals surface area contributed by atoms with Gasteiger partial charge in [-0.1, -0.05) is 31.6 Å². The van der Waals surface area contributed by atoms with E-state index in [1.54, 1.807) is 0 Å². The largest absolute Gasteiger partial charge is 0.374 e. The highest BCUT2D eigenvalue weighted by molar-refractivity contribution is 5.86. The summed E-state index contributed by atoms with van der Waals surface area (Å²) < 4.78 is 0. The summed E-state index contributed by atoms with van der Waals surface area (Å²) in [4.78, 5) is 10.7. The lowest BCUT2D eigenvalue weighted by Crippen LogP contribution is -2.18. The standard InChI is InChI=1S/C25H31N5/c1-4-5-6-24(21-8-7-20-13-18(2)29-25(20)14-21)26-11-9-19(3)30-12-10-22(17-30)23-15-27-28-16-23/h6-9,11,13-16,22,29H,4-5,10,12,17H2,1-3H3,(H,27,28)/b19-9+,24-6+,26-11-. The molecule has 1 unspecified atom stereocenters. The number of nitrogens with zero attached hydrogens (tertiary/aromatic N) is 3. The molecule has 2 aromatic heterocycles. The van der Waals surface area contributed by atoms with Crippen LogP contribution in [0.3, 0.4) is 0 Å². The minimum absolute atomic E-state index is 0.556. The fraction of sp³-hybridized carbons (Fsp3) is 0.360. The van der Waals surface area contributed by atoms with Crippen LogP contribution in [0.25, 0.3) is 16.6 Å². The highest BCUT2D eigenvalue weighted by Gasteiger charge is 2.24. The number of aryl methyl sites for hydroxylation is 1. The van der Waals surface area contributed by atoms with Gasteiger partial charge in [0, 0.05) is 53.9 Å².